The number of nitrogens with two attached hydrogens (primary N) is 1. The molecule has 2 heterocycles. The lowest BCUT2D eigenvalue weighted by atomic mass is 10.1. The summed E-state index contributed by atoms with van der Waals surface area (Å²) in [5, 5.41) is 19.5. The topological polar surface area (TPSA) is 109 Å². The van der Waals surface area contributed by atoms with Crippen molar-refractivity contribution in [2.45, 2.75) is 6.92 Å². The number of rotatable bonds is 3. The number of aromatic amines is 1. The number of benzene rings is 1. The van der Waals surface area contributed by atoms with Crippen LogP contribution in [0.25, 0.3) is 10.9 Å². The van der Waals surface area contributed by atoms with Gasteiger partial charge in [-0.05, 0) is 19.1 Å². The molecule has 0 aliphatic carbocycles. The lowest BCUT2D eigenvalue weighted by Crippen LogP contribution is -2.15. The van der Waals surface area contributed by atoms with Gasteiger partial charge < -0.3 is 15.7 Å². The Morgan fingerprint density at radius 2 is 2.19 bits per heavy atom. The average Bonchev–Trinajstić information content (AvgIpc) is 2.92. The molecule has 0 atom stereocenters. The summed E-state index contributed by atoms with van der Waals surface area (Å²) in [4.78, 5) is 4.28. The molecule has 21 heavy (non-hydrogen) atoms. The SMILES string of the molecule is Cc1cc(Oc2c(/C(N)=N/O)cnc3ccccc23)n[nH]1. The van der Waals surface area contributed by atoms with Crippen LogP contribution in [0.1, 0.15) is 11.3 Å². The summed E-state index contributed by atoms with van der Waals surface area (Å²) in [5.74, 6) is 0.772. The molecule has 3 rings (SSSR count). The number of oxime groups is 1. The number of pyridine rings is 1. The fourth-order valence-electron chi connectivity index (χ4n) is 2.01. The first kappa shape index (κ1) is 12.9. The van der Waals surface area contributed by atoms with Crippen LogP contribution in [-0.4, -0.2) is 26.2 Å². The second-order valence-electron chi connectivity index (χ2n) is 4.49. The number of hydrogen-bond acceptors (Lipinski definition) is 5. The Kier molecular flexibility index (Phi) is 3.15. The van der Waals surface area contributed by atoms with Gasteiger partial charge in [0.25, 0.3) is 0 Å². The van der Waals surface area contributed by atoms with Crippen molar-refractivity contribution in [2.75, 3.05) is 0 Å². The van der Waals surface area contributed by atoms with Gasteiger partial charge in [0.1, 0.15) is 0 Å². The third-order valence-corrected chi connectivity index (χ3v) is 3.00. The lowest BCUT2D eigenvalue weighted by molar-refractivity contribution is 0.318. The molecule has 0 aliphatic heterocycles. The van der Waals surface area contributed by atoms with Crippen LogP contribution in [0, 0.1) is 6.92 Å². The number of aromatic nitrogens is 3. The van der Waals surface area contributed by atoms with Crippen molar-refractivity contribution in [3.05, 3.63) is 47.8 Å². The van der Waals surface area contributed by atoms with Gasteiger partial charge in [0.2, 0.25) is 5.88 Å². The van der Waals surface area contributed by atoms with E-state index in [9.17, 15) is 0 Å². The molecule has 0 fully saturated rings. The minimum Gasteiger partial charge on any atom is -0.436 e. The lowest BCUT2D eigenvalue weighted by Gasteiger charge is -2.11. The van der Waals surface area contributed by atoms with E-state index >= 15 is 0 Å². The molecule has 2 aromatic heterocycles. The highest BCUT2D eigenvalue weighted by atomic mass is 16.5. The molecule has 0 saturated heterocycles. The monoisotopic (exact) mass is 283 g/mol. The molecule has 0 aliphatic rings. The summed E-state index contributed by atoms with van der Waals surface area (Å²) in [6.45, 7) is 1.87. The predicted octanol–water partition coefficient (Wildman–Crippen LogP) is 2.15. The standard InChI is InChI=1S/C14H13N5O2/c1-8-6-12(18-17-8)21-13-9-4-2-3-5-11(9)16-7-10(13)14(15)19-20/h2-7,20H,1H3,(H2,15,19)(H,17,18). The number of amidine groups is 1. The first-order chi connectivity index (χ1) is 10.2. The summed E-state index contributed by atoms with van der Waals surface area (Å²) in [6, 6.07) is 9.20. The first-order valence-electron chi connectivity index (χ1n) is 6.24. The van der Waals surface area contributed by atoms with Crippen molar-refractivity contribution >= 4 is 16.7 Å². The van der Waals surface area contributed by atoms with Gasteiger partial charge in [-0.2, -0.15) is 0 Å². The van der Waals surface area contributed by atoms with Gasteiger partial charge in [0.05, 0.1) is 11.1 Å². The molecule has 7 nitrogen and oxygen atoms in total. The Balaban J connectivity index is 2.20. The first-order valence-corrected chi connectivity index (χ1v) is 6.24. The highest BCUT2D eigenvalue weighted by Gasteiger charge is 2.15. The van der Waals surface area contributed by atoms with Crippen molar-refractivity contribution in [1.29, 1.82) is 0 Å². The van der Waals surface area contributed by atoms with E-state index in [4.69, 9.17) is 15.7 Å². The summed E-state index contributed by atoms with van der Waals surface area (Å²) in [5.41, 5.74) is 7.71. The molecule has 0 amide bonds. The Morgan fingerprint density at radius 1 is 1.38 bits per heavy atom. The molecular formula is C14H13N5O2. The molecule has 7 heteroatoms. The van der Waals surface area contributed by atoms with E-state index in [1.54, 1.807) is 6.07 Å². The van der Waals surface area contributed by atoms with Gasteiger partial charge in [-0.3, -0.25) is 10.1 Å². The van der Waals surface area contributed by atoms with Crippen LogP contribution in [0.5, 0.6) is 11.6 Å². The Morgan fingerprint density at radius 3 is 2.90 bits per heavy atom. The molecule has 0 saturated carbocycles. The molecule has 0 bridgehead atoms. The third-order valence-electron chi connectivity index (χ3n) is 3.00. The fraction of sp³-hybridized carbons (Fsp3) is 0.0714. The molecule has 106 valence electrons. The van der Waals surface area contributed by atoms with E-state index in [0.29, 0.717) is 17.2 Å². The average molecular weight is 283 g/mol. The number of ether oxygens (including phenoxy) is 1. The second kappa shape index (κ2) is 5.12. The van der Waals surface area contributed by atoms with Crippen LogP contribution in [0.3, 0.4) is 0 Å². The summed E-state index contributed by atoms with van der Waals surface area (Å²) in [6.07, 6.45) is 1.51. The van der Waals surface area contributed by atoms with Gasteiger partial charge in [0.15, 0.2) is 11.6 Å². The van der Waals surface area contributed by atoms with Crippen molar-refractivity contribution in [3.63, 3.8) is 0 Å². The van der Waals surface area contributed by atoms with Crippen LogP contribution >= 0.6 is 0 Å². The van der Waals surface area contributed by atoms with E-state index in [2.05, 4.69) is 20.3 Å². The molecule has 3 aromatic rings. The van der Waals surface area contributed by atoms with Crippen LogP contribution in [0.4, 0.5) is 0 Å². The van der Waals surface area contributed by atoms with E-state index in [1.807, 2.05) is 31.2 Å². The van der Waals surface area contributed by atoms with Crippen molar-refractivity contribution < 1.29 is 9.94 Å². The summed E-state index contributed by atoms with van der Waals surface area (Å²) in [7, 11) is 0. The number of para-hydroxylation sites is 1. The predicted molar refractivity (Wildman–Crippen MR) is 77.7 cm³/mol. The maximum absolute atomic E-state index is 8.91. The number of nitrogens with zero attached hydrogens (tertiary/aromatic N) is 3. The molecular weight excluding hydrogens is 270 g/mol. The zero-order chi connectivity index (χ0) is 14.8. The number of nitrogens with one attached hydrogen (secondary N) is 1. The zero-order valence-corrected chi connectivity index (χ0v) is 11.2. The summed E-state index contributed by atoms with van der Waals surface area (Å²) >= 11 is 0. The van der Waals surface area contributed by atoms with Crippen molar-refractivity contribution in [3.8, 4) is 11.6 Å². The van der Waals surface area contributed by atoms with Crippen LogP contribution in [0.15, 0.2) is 41.7 Å². The van der Waals surface area contributed by atoms with Gasteiger partial charge >= 0.3 is 0 Å². The van der Waals surface area contributed by atoms with Crippen LogP contribution in [0.2, 0.25) is 0 Å². The zero-order valence-electron chi connectivity index (χ0n) is 11.2. The quantitative estimate of drug-likeness (QED) is 0.295. The third kappa shape index (κ3) is 2.36. The van der Waals surface area contributed by atoms with E-state index in [0.717, 1.165) is 16.6 Å². The highest BCUT2D eigenvalue weighted by Crippen LogP contribution is 2.31. The Bertz CT molecular complexity index is 825. The molecule has 0 radical (unpaired) electrons. The number of aryl methyl sites for hydroxylation is 1. The maximum atomic E-state index is 8.91. The maximum Gasteiger partial charge on any atom is 0.238 e. The largest absolute Gasteiger partial charge is 0.436 e. The number of fused-ring (bicyclic) bond motifs is 1. The molecule has 0 spiro atoms. The van der Waals surface area contributed by atoms with Gasteiger partial charge in [-0.25, -0.2) is 0 Å². The number of H-pyrrole nitrogens is 1. The van der Waals surface area contributed by atoms with E-state index in [-0.39, 0.29) is 5.84 Å². The molecule has 1 aromatic carbocycles. The van der Waals surface area contributed by atoms with Gasteiger partial charge in [-0.1, -0.05) is 17.3 Å². The minimum absolute atomic E-state index is 0.0736. The Hall–Kier alpha value is -3.09. The Labute approximate surface area is 120 Å². The number of hydrogen-bond donors (Lipinski definition) is 3. The minimum atomic E-state index is -0.0736. The summed E-state index contributed by atoms with van der Waals surface area (Å²) < 4.78 is 5.81. The van der Waals surface area contributed by atoms with Crippen molar-refractivity contribution in [2.24, 2.45) is 10.9 Å². The van der Waals surface area contributed by atoms with Gasteiger partial charge in [0, 0.05) is 23.3 Å². The van der Waals surface area contributed by atoms with Gasteiger partial charge in [-0.15, -0.1) is 5.10 Å². The van der Waals surface area contributed by atoms with Crippen LogP contribution in [-0.2, 0) is 0 Å². The fourth-order valence-corrected chi connectivity index (χ4v) is 2.01. The van der Waals surface area contributed by atoms with E-state index in [1.165, 1.54) is 6.20 Å². The molecule has 0 unspecified atom stereocenters. The second-order valence-corrected chi connectivity index (χ2v) is 4.49. The van der Waals surface area contributed by atoms with Crippen LogP contribution < -0.4 is 10.5 Å². The normalized spacial score (nSPS) is 11.8. The highest BCUT2D eigenvalue weighted by molar-refractivity contribution is 6.04. The molecule has 4 N–H and O–H groups in total. The van der Waals surface area contributed by atoms with Crippen molar-refractivity contribution in [1.82, 2.24) is 15.2 Å². The smallest absolute Gasteiger partial charge is 0.238 e. The van der Waals surface area contributed by atoms with E-state index < -0.39 is 0 Å².